The number of amides is 1. The van der Waals surface area contributed by atoms with Gasteiger partial charge in [-0.1, -0.05) is 34.1 Å². The molecule has 0 aliphatic carbocycles. The molecule has 0 saturated heterocycles. The van der Waals surface area contributed by atoms with Gasteiger partial charge in [-0.3, -0.25) is 4.79 Å². The highest BCUT2D eigenvalue weighted by molar-refractivity contribution is 5.58. The fourth-order valence-electron chi connectivity index (χ4n) is 0.0962. The summed E-state index contributed by atoms with van der Waals surface area (Å²) in [4.78, 5) is 18.6. The van der Waals surface area contributed by atoms with Crippen LogP contribution in [0.25, 0.3) is 0 Å². The van der Waals surface area contributed by atoms with Crippen LogP contribution in [0.4, 0.5) is 0 Å². The Balaban J connectivity index is -0.0000000727. The second-order valence-corrected chi connectivity index (χ2v) is 3.72. The molecule has 106 valence electrons. The summed E-state index contributed by atoms with van der Waals surface area (Å²) in [5.41, 5.74) is 0.0417. The summed E-state index contributed by atoms with van der Waals surface area (Å²) < 4.78 is 4.94. The topological polar surface area (TPSA) is 55.4 Å². The molecule has 0 aromatic carbocycles. The van der Waals surface area contributed by atoms with Crippen LogP contribution in [0.2, 0.25) is 0 Å². The first-order valence-electron chi connectivity index (χ1n) is 6.05. The van der Waals surface area contributed by atoms with E-state index in [1.54, 1.807) is 7.11 Å². The van der Waals surface area contributed by atoms with Gasteiger partial charge in [-0.25, -0.2) is 0 Å². The maximum Gasteiger partial charge on any atom is 0.207 e. The van der Waals surface area contributed by atoms with Gasteiger partial charge in [-0.2, -0.15) is 0 Å². The molecule has 0 heterocycles. The smallest absolute Gasteiger partial charge is 0.207 e. The van der Waals surface area contributed by atoms with Gasteiger partial charge < -0.3 is 14.8 Å². The Hall–Kier alpha value is -0.900. The van der Waals surface area contributed by atoms with Gasteiger partial charge in [0.2, 0.25) is 6.41 Å². The van der Waals surface area contributed by atoms with Crippen LogP contribution >= 0.6 is 0 Å². The molecule has 0 bridgehead atoms. The van der Waals surface area contributed by atoms with Crippen LogP contribution < -0.4 is 5.32 Å². The number of hydrogen-bond acceptors (Lipinski definition) is 3. The van der Waals surface area contributed by atoms with Crippen molar-refractivity contribution in [3.8, 4) is 0 Å². The fraction of sp³-hybridized carbons (Fsp3) is 0.846. The summed E-state index contributed by atoms with van der Waals surface area (Å²) in [7, 11) is 1.71. The Morgan fingerprint density at radius 3 is 1.47 bits per heavy atom. The van der Waals surface area contributed by atoms with E-state index in [0.717, 1.165) is 0 Å². The predicted molar refractivity (Wildman–Crippen MR) is 74.2 cm³/mol. The summed E-state index contributed by atoms with van der Waals surface area (Å²) in [6.07, 6.45) is 2.35. The van der Waals surface area contributed by atoms with E-state index >= 15 is 0 Å². The van der Waals surface area contributed by atoms with Gasteiger partial charge in [0.05, 0.1) is 12.1 Å². The summed E-state index contributed by atoms with van der Waals surface area (Å²) in [5, 5.41) is 2.15. The van der Waals surface area contributed by atoms with Gasteiger partial charge in [0.1, 0.15) is 6.29 Å². The monoisotopic (exact) mass is 249 g/mol. The molecule has 1 N–H and O–H groups in total. The second-order valence-electron chi connectivity index (χ2n) is 3.72. The van der Waals surface area contributed by atoms with Crippen LogP contribution in [-0.4, -0.2) is 32.0 Å². The molecule has 4 nitrogen and oxygen atoms in total. The van der Waals surface area contributed by atoms with Crippen molar-refractivity contribution < 1.29 is 14.3 Å². The highest BCUT2D eigenvalue weighted by Crippen LogP contribution is 2.02. The highest BCUT2D eigenvalue weighted by Gasteiger charge is 2.03. The molecule has 0 unspecified atom stereocenters. The fourth-order valence-corrected chi connectivity index (χ4v) is 0.0962. The normalized spacial score (nSPS) is 8.00. The number of aldehydes is 1. The molecule has 0 saturated carbocycles. The van der Waals surface area contributed by atoms with Gasteiger partial charge in [-0.15, -0.1) is 0 Å². The average Bonchev–Trinajstić information content (AvgIpc) is 2.30. The number of rotatable bonds is 3. The number of carbonyl (C=O) groups is 2. The van der Waals surface area contributed by atoms with Gasteiger partial charge >= 0.3 is 0 Å². The Morgan fingerprint density at radius 1 is 1.12 bits per heavy atom. The van der Waals surface area contributed by atoms with E-state index in [2.05, 4.69) is 19.2 Å². The first kappa shape index (κ1) is 25.1. The molecule has 0 fully saturated rings. The van der Waals surface area contributed by atoms with Crippen molar-refractivity contribution in [2.24, 2.45) is 0 Å². The second kappa shape index (κ2) is 24.4. The molecule has 17 heavy (non-hydrogen) atoms. The number of nitrogens with one attached hydrogen (secondary N) is 1. The number of carbonyl (C=O) groups excluding carboxylic acids is 2. The molecular formula is C13H31NO3. The predicted octanol–water partition coefficient (Wildman–Crippen LogP) is 2.81. The van der Waals surface area contributed by atoms with Gasteiger partial charge in [0.25, 0.3) is 0 Å². The van der Waals surface area contributed by atoms with Crippen LogP contribution in [0.15, 0.2) is 0 Å². The van der Waals surface area contributed by atoms with Crippen molar-refractivity contribution in [3.05, 3.63) is 0 Å². The van der Waals surface area contributed by atoms with Gasteiger partial charge in [-0.05, 0) is 20.8 Å². The minimum absolute atomic E-state index is 0.0417. The van der Waals surface area contributed by atoms with Crippen molar-refractivity contribution >= 4 is 12.7 Å². The molecule has 0 aliphatic heterocycles. The lowest BCUT2D eigenvalue weighted by molar-refractivity contribution is -0.113. The van der Waals surface area contributed by atoms with Gasteiger partial charge in [0.15, 0.2) is 0 Å². The third-order valence-corrected chi connectivity index (χ3v) is 0.897. The Morgan fingerprint density at radius 2 is 1.41 bits per heavy atom. The lowest BCUT2D eigenvalue weighted by atomic mass is 10.2. The zero-order valence-electron chi connectivity index (χ0n) is 12.8. The maximum absolute atomic E-state index is 9.34. The van der Waals surface area contributed by atoms with Crippen molar-refractivity contribution in [2.45, 2.75) is 60.5 Å². The lowest BCUT2D eigenvalue weighted by Crippen LogP contribution is -2.15. The molecule has 0 atom stereocenters. The van der Waals surface area contributed by atoms with E-state index in [4.69, 9.17) is 4.74 Å². The van der Waals surface area contributed by atoms with Gasteiger partial charge in [0, 0.05) is 7.11 Å². The number of methoxy groups -OCH3 is 1. The zero-order valence-corrected chi connectivity index (χ0v) is 12.8. The summed E-state index contributed by atoms with van der Waals surface area (Å²) in [6.45, 7) is 14.4. The van der Waals surface area contributed by atoms with Crippen LogP contribution in [0.1, 0.15) is 54.9 Å². The summed E-state index contributed by atoms with van der Waals surface area (Å²) in [6, 6.07) is 0. The molecule has 0 spiro atoms. The van der Waals surface area contributed by atoms with E-state index in [9.17, 15) is 9.59 Å². The Kier molecular flexibility index (Phi) is 35.9. The summed E-state index contributed by atoms with van der Waals surface area (Å²) >= 11 is 0. The molecule has 4 heteroatoms. The first-order valence-corrected chi connectivity index (χ1v) is 6.05. The molecule has 0 aliphatic rings. The molecule has 1 amide bonds. The van der Waals surface area contributed by atoms with Crippen LogP contribution in [0.3, 0.4) is 0 Å². The standard InChI is InChI=1S/C5H12O.C3H5NO2.C3H8.C2H6/c1-5(2,3)6-4;5-2-1-4-3-6;1-3-2;1-2/h1-4H3;2-3H,1H2,(H,4,6);3H2,1-2H3;1-2H3. The SMILES string of the molecule is CC.CCC.COC(C)(C)C.O=CCNC=O. The molecular weight excluding hydrogens is 218 g/mol. The third kappa shape index (κ3) is 99.6. The van der Waals surface area contributed by atoms with Crippen molar-refractivity contribution in [1.29, 1.82) is 0 Å². The molecule has 0 rings (SSSR count). The first-order chi connectivity index (χ1) is 7.89. The quantitative estimate of drug-likeness (QED) is 0.618. The molecule has 0 aromatic heterocycles. The average molecular weight is 249 g/mol. The van der Waals surface area contributed by atoms with E-state index in [1.807, 2.05) is 34.6 Å². The largest absolute Gasteiger partial charge is 0.379 e. The number of ether oxygens (including phenoxy) is 1. The minimum Gasteiger partial charge on any atom is -0.379 e. The van der Waals surface area contributed by atoms with Crippen LogP contribution in [-0.2, 0) is 14.3 Å². The van der Waals surface area contributed by atoms with E-state index < -0.39 is 0 Å². The third-order valence-electron chi connectivity index (χ3n) is 0.897. The van der Waals surface area contributed by atoms with Crippen LogP contribution in [0, 0.1) is 0 Å². The lowest BCUT2D eigenvalue weighted by Gasteiger charge is -2.14. The Bertz CT molecular complexity index is 123. The zero-order chi connectivity index (χ0) is 14.7. The Labute approximate surface area is 107 Å². The number of hydrogen-bond donors (Lipinski definition) is 1. The molecule has 0 radical (unpaired) electrons. The summed E-state index contributed by atoms with van der Waals surface area (Å²) in [5.74, 6) is 0. The van der Waals surface area contributed by atoms with E-state index in [-0.39, 0.29) is 12.1 Å². The van der Waals surface area contributed by atoms with Crippen molar-refractivity contribution in [2.75, 3.05) is 13.7 Å². The highest BCUT2D eigenvalue weighted by atomic mass is 16.5. The van der Waals surface area contributed by atoms with E-state index in [0.29, 0.717) is 12.7 Å². The maximum atomic E-state index is 9.34. The van der Waals surface area contributed by atoms with Crippen molar-refractivity contribution in [3.63, 3.8) is 0 Å². The minimum atomic E-state index is 0.0417. The molecule has 0 aromatic rings. The van der Waals surface area contributed by atoms with Crippen LogP contribution in [0.5, 0.6) is 0 Å². The van der Waals surface area contributed by atoms with E-state index in [1.165, 1.54) is 6.42 Å². The van der Waals surface area contributed by atoms with Crippen molar-refractivity contribution in [1.82, 2.24) is 5.32 Å².